The third kappa shape index (κ3) is 4.43. The van der Waals surface area contributed by atoms with Gasteiger partial charge in [0.05, 0.1) is 30.7 Å². The van der Waals surface area contributed by atoms with Gasteiger partial charge >= 0.3 is 0 Å². The lowest BCUT2D eigenvalue weighted by Crippen LogP contribution is -2.30. The molecule has 1 atom stereocenters. The van der Waals surface area contributed by atoms with Crippen molar-refractivity contribution in [2.75, 3.05) is 18.6 Å². The number of hydrogen-bond acceptors (Lipinski definition) is 6. The summed E-state index contributed by atoms with van der Waals surface area (Å²) >= 11 is 0. The summed E-state index contributed by atoms with van der Waals surface area (Å²) in [6.45, 7) is 6.58. The average Bonchev–Trinajstić information content (AvgIpc) is 3.17. The number of carbonyl (C=O) groups is 1. The number of amides is 1. The summed E-state index contributed by atoms with van der Waals surface area (Å²) in [4.78, 5) is 33.4. The summed E-state index contributed by atoms with van der Waals surface area (Å²) in [5, 5.41) is 0.0659. The van der Waals surface area contributed by atoms with E-state index in [2.05, 4.69) is 18.8 Å². The number of aromatic nitrogens is 1. The quantitative estimate of drug-likeness (QED) is 0.317. The van der Waals surface area contributed by atoms with Gasteiger partial charge in [0.15, 0.2) is 16.9 Å². The molecule has 1 amide bonds. The molecule has 190 valence electrons. The third-order valence-electron chi connectivity index (χ3n) is 6.41. The smallest absolute Gasteiger partial charge is 0.296 e. The Bertz CT molecular complexity index is 1560. The number of hydrogen-bond donors (Lipinski definition) is 0. The third-order valence-corrected chi connectivity index (χ3v) is 6.41. The van der Waals surface area contributed by atoms with E-state index < -0.39 is 23.2 Å². The van der Waals surface area contributed by atoms with E-state index in [0.717, 1.165) is 12.5 Å². The molecule has 4 aromatic rings. The highest BCUT2D eigenvalue weighted by atomic mass is 19.1. The Kier molecular flexibility index (Phi) is 6.41. The fourth-order valence-electron chi connectivity index (χ4n) is 4.54. The molecule has 0 bridgehead atoms. The van der Waals surface area contributed by atoms with Gasteiger partial charge in [-0.25, -0.2) is 9.37 Å². The van der Waals surface area contributed by atoms with Gasteiger partial charge in [-0.3, -0.25) is 14.5 Å². The predicted molar refractivity (Wildman–Crippen MR) is 138 cm³/mol. The molecule has 37 heavy (non-hydrogen) atoms. The van der Waals surface area contributed by atoms with Crippen molar-refractivity contribution in [2.24, 2.45) is 5.92 Å². The topological polar surface area (TPSA) is 81.9 Å². The van der Waals surface area contributed by atoms with Gasteiger partial charge in [0.25, 0.3) is 5.91 Å². The number of pyridine rings is 1. The lowest BCUT2D eigenvalue weighted by molar-refractivity contribution is 0.0970. The van der Waals surface area contributed by atoms with Gasteiger partial charge in [-0.2, -0.15) is 0 Å². The maximum Gasteiger partial charge on any atom is 0.296 e. The van der Waals surface area contributed by atoms with Crippen LogP contribution in [0.1, 0.15) is 53.7 Å². The highest BCUT2D eigenvalue weighted by Crippen LogP contribution is 2.42. The number of ether oxygens (including phenoxy) is 2. The maximum absolute atomic E-state index is 14.0. The first-order valence-corrected chi connectivity index (χ1v) is 12.1. The number of nitrogens with zero attached hydrogens (tertiary/aromatic N) is 2. The molecule has 0 saturated carbocycles. The minimum atomic E-state index is -0.862. The summed E-state index contributed by atoms with van der Waals surface area (Å²) in [5.41, 5.74) is 1.11. The van der Waals surface area contributed by atoms with Gasteiger partial charge in [-0.15, -0.1) is 0 Å². The van der Waals surface area contributed by atoms with Crippen molar-refractivity contribution in [3.05, 3.63) is 93.2 Å². The van der Waals surface area contributed by atoms with Crippen LogP contribution in [0.4, 0.5) is 10.2 Å². The van der Waals surface area contributed by atoms with Crippen molar-refractivity contribution in [2.45, 2.75) is 33.2 Å². The van der Waals surface area contributed by atoms with E-state index in [4.69, 9.17) is 13.9 Å². The molecule has 2 aromatic heterocycles. The Labute approximate surface area is 213 Å². The largest absolute Gasteiger partial charge is 0.493 e. The highest BCUT2D eigenvalue weighted by molar-refractivity contribution is 6.10. The Morgan fingerprint density at radius 1 is 1.08 bits per heavy atom. The number of rotatable bonds is 7. The lowest BCUT2D eigenvalue weighted by atomic mass is 9.98. The van der Waals surface area contributed by atoms with Crippen molar-refractivity contribution in [3.63, 3.8) is 0 Å². The van der Waals surface area contributed by atoms with Gasteiger partial charge in [0.1, 0.15) is 17.2 Å². The molecule has 7 nitrogen and oxygen atoms in total. The van der Waals surface area contributed by atoms with Gasteiger partial charge in [-0.05, 0) is 67.3 Å². The zero-order valence-electron chi connectivity index (χ0n) is 21.1. The van der Waals surface area contributed by atoms with Crippen LogP contribution in [-0.2, 0) is 0 Å². The van der Waals surface area contributed by atoms with Gasteiger partial charge in [0, 0.05) is 5.69 Å². The first-order valence-electron chi connectivity index (χ1n) is 12.1. The number of methoxy groups -OCH3 is 1. The summed E-state index contributed by atoms with van der Waals surface area (Å²) in [6, 6.07) is 13.4. The van der Waals surface area contributed by atoms with Crippen LogP contribution in [0.5, 0.6) is 11.5 Å². The fraction of sp³-hybridized carbons (Fsp3) is 0.276. The van der Waals surface area contributed by atoms with Crippen LogP contribution < -0.4 is 19.8 Å². The number of carbonyl (C=O) groups excluding carboxylic acids is 1. The number of benzene rings is 2. The Balaban J connectivity index is 1.69. The number of fused-ring (bicyclic) bond motifs is 2. The van der Waals surface area contributed by atoms with Crippen LogP contribution in [0.25, 0.3) is 11.0 Å². The number of aryl methyl sites for hydroxylation is 1. The molecule has 8 heteroatoms. The molecule has 1 unspecified atom stereocenters. The Morgan fingerprint density at radius 2 is 1.89 bits per heavy atom. The summed E-state index contributed by atoms with van der Waals surface area (Å²) in [5.74, 6) is 0.723. The first-order chi connectivity index (χ1) is 17.8. The molecule has 2 aromatic carbocycles. The number of halogens is 1. The normalized spacial score (nSPS) is 14.9. The van der Waals surface area contributed by atoms with Gasteiger partial charge in [-0.1, -0.05) is 26.0 Å². The minimum Gasteiger partial charge on any atom is -0.493 e. The van der Waals surface area contributed by atoms with E-state index >= 15 is 0 Å². The fourth-order valence-corrected chi connectivity index (χ4v) is 4.54. The van der Waals surface area contributed by atoms with E-state index in [1.165, 1.54) is 24.1 Å². The van der Waals surface area contributed by atoms with E-state index in [-0.39, 0.29) is 22.3 Å². The predicted octanol–water partition coefficient (Wildman–Crippen LogP) is 5.82. The molecular weight excluding hydrogens is 475 g/mol. The van der Waals surface area contributed by atoms with E-state index in [9.17, 15) is 14.0 Å². The van der Waals surface area contributed by atoms with Crippen molar-refractivity contribution in [1.29, 1.82) is 0 Å². The van der Waals surface area contributed by atoms with Gasteiger partial charge in [0.2, 0.25) is 5.76 Å². The zero-order valence-corrected chi connectivity index (χ0v) is 21.1. The summed E-state index contributed by atoms with van der Waals surface area (Å²) in [6.07, 6.45) is 0.882. The first kappa shape index (κ1) is 24.5. The van der Waals surface area contributed by atoms with E-state index in [1.54, 1.807) is 30.3 Å². The number of anilines is 1. The van der Waals surface area contributed by atoms with Crippen LogP contribution in [0.3, 0.4) is 0 Å². The molecule has 0 aliphatic carbocycles. The Morgan fingerprint density at radius 3 is 2.62 bits per heavy atom. The van der Waals surface area contributed by atoms with Crippen molar-refractivity contribution < 1.29 is 23.1 Å². The van der Waals surface area contributed by atoms with Crippen LogP contribution in [-0.4, -0.2) is 24.6 Å². The molecule has 5 rings (SSSR count). The molecular formula is C29H27FN2O5. The van der Waals surface area contributed by atoms with Crippen LogP contribution in [0.15, 0.2) is 63.8 Å². The minimum absolute atomic E-state index is 0.0659. The molecule has 1 aliphatic rings. The van der Waals surface area contributed by atoms with Crippen molar-refractivity contribution in [3.8, 4) is 11.5 Å². The monoisotopic (exact) mass is 502 g/mol. The van der Waals surface area contributed by atoms with E-state index in [1.807, 2.05) is 13.0 Å². The summed E-state index contributed by atoms with van der Waals surface area (Å²) < 4.78 is 31.5. The summed E-state index contributed by atoms with van der Waals surface area (Å²) in [7, 11) is 1.53. The van der Waals surface area contributed by atoms with E-state index in [0.29, 0.717) is 41.1 Å². The zero-order chi connectivity index (χ0) is 26.3. The molecule has 0 radical (unpaired) electrons. The lowest BCUT2D eigenvalue weighted by Gasteiger charge is -2.25. The van der Waals surface area contributed by atoms with Crippen LogP contribution >= 0.6 is 0 Å². The van der Waals surface area contributed by atoms with Crippen molar-refractivity contribution >= 4 is 22.7 Å². The average molecular weight is 503 g/mol. The second-order valence-corrected chi connectivity index (χ2v) is 9.47. The van der Waals surface area contributed by atoms with Crippen molar-refractivity contribution in [1.82, 2.24) is 4.98 Å². The molecule has 0 fully saturated rings. The SMILES string of the molecule is COc1cc(C2c3c(oc4ccc(F)cc4c3=O)C(=O)N2c2cccc(C)n2)ccc1OCCC(C)C. The second-order valence-electron chi connectivity index (χ2n) is 9.47. The molecule has 3 heterocycles. The maximum atomic E-state index is 14.0. The molecule has 0 N–H and O–H groups in total. The van der Waals surface area contributed by atoms with Crippen LogP contribution in [0, 0.1) is 18.7 Å². The van der Waals surface area contributed by atoms with Gasteiger partial charge < -0.3 is 13.9 Å². The molecule has 0 spiro atoms. The molecule has 0 saturated heterocycles. The van der Waals surface area contributed by atoms with Crippen LogP contribution in [0.2, 0.25) is 0 Å². The standard InChI is InChI=1S/C29H27FN2O5/c1-16(2)12-13-36-22-10-8-18(14-23(22)35-4)26-25-27(33)20-15-19(30)9-11-21(20)37-28(25)29(34)32(26)24-7-5-6-17(3)31-24/h5-11,14-16,26H,12-13H2,1-4H3. The highest BCUT2D eigenvalue weighted by Gasteiger charge is 2.44. The molecule has 1 aliphatic heterocycles. The Hall–Kier alpha value is -4.20. The second kappa shape index (κ2) is 9.69.